The Balaban J connectivity index is 1.39. The molecule has 34 heavy (non-hydrogen) atoms. The lowest BCUT2D eigenvalue weighted by Crippen LogP contribution is -2.40. The number of rotatable bonds is 4. The van der Waals surface area contributed by atoms with Gasteiger partial charge in [-0.15, -0.1) is 0 Å². The van der Waals surface area contributed by atoms with Crippen LogP contribution in [0.15, 0.2) is 30.6 Å². The monoisotopic (exact) mass is 485 g/mol. The van der Waals surface area contributed by atoms with Crippen molar-refractivity contribution in [2.45, 2.75) is 57.0 Å². The Kier molecular flexibility index (Phi) is 6.17. The maximum Gasteiger partial charge on any atom is 0.433 e. The summed E-state index contributed by atoms with van der Waals surface area (Å²) in [4.78, 5) is 22.6. The fourth-order valence-corrected chi connectivity index (χ4v) is 4.12. The zero-order chi connectivity index (χ0) is 24.7. The summed E-state index contributed by atoms with van der Waals surface area (Å²) in [5.74, 6) is -0.252. The fourth-order valence-electron chi connectivity index (χ4n) is 4.12. The van der Waals surface area contributed by atoms with E-state index in [0.717, 1.165) is 11.1 Å². The highest BCUT2D eigenvalue weighted by molar-refractivity contribution is 5.99. The van der Waals surface area contributed by atoms with E-state index in [0.29, 0.717) is 48.9 Å². The van der Waals surface area contributed by atoms with Gasteiger partial charge in [0.15, 0.2) is 0 Å². The molecule has 0 unspecified atom stereocenters. The zero-order valence-electron chi connectivity index (χ0n) is 17.9. The van der Waals surface area contributed by atoms with Crippen LogP contribution in [-0.2, 0) is 12.4 Å². The molecule has 0 spiro atoms. The van der Waals surface area contributed by atoms with Crippen LogP contribution in [0.5, 0.6) is 0 Å². The zero-order valence-corrected chi connectivity index (χ0v) is 17.9. The summed E-state index contributed by atoms with van der Waals surface area (Å²) in [6.07, 6.45) is -6.49. The first kappa shape index (κ1) is 23.8. The number of nitrogens with one attached hydrogen (secondary N) is 3. The highest BCUT2D eigenvalue weighted by Gasteiger charge is 2.39. The van der Waals surface area contributed by atoms with Crippen LogP contribution in [-0.4, -0.2) is 32.9 Å². The topological polar surface area (TPSA) is 82.7 Å². The first-order chi connectivity index (χ1) is 15.9. The van der Waals surface area contributed by atoms with Crippen LogP contribution in [0.3, 0.4) is 0 Å². The van der Waals surface area contributed by atoms with Crippen molar-refractivity contribution in [2.24, 2.45) is 0 Å². The molecule has 1 aliphatic carbocycles. The molecule has 1 aliphatic rings. The largest absolute Gasteiger partial charge is 0.433 e. The third-order valence-corrected chi connectivity index (χ3v) is 5.85. The Bertz CT molecular complexity index is 1160. The smallest absolute Gasteiger partial charge is 0.382 e. The maximum absolute atomic E-state index is 13.0. The molecule has 1 aromatic carbocycles. The predicted molar refractivity (Wildman–Crippen MR) is 112 cm³/mol. The van der Waals surface area contributed by atoms with Crippen LogP contribution in [0.2, 0.25) is 0 Å². The Morgan fingerprint density at radius 2 is 1.53 bits per heavy atom. The molecule has 3 N–H and O–H groups in total. The van der Waals surface area contributed by atoms with Crippen molar-refractivity contribution in [1.82, 2.24) is 20.3 Å². The number of aryl methyl sites for hydroxylation is 1. The lowest BCUT2D eigenvalue weighted by atomic mass is 9.90. The number of imidazole rings is 1. The van der Waals surface area contributed by atoms with Gasteiger partial charge in [-0.25, -0.2) is 9.97 Å². The van der Waals surface area contributed by atoms with Gasteiger partial charge in [-0.2, -0.15) is 26.3 Å². The average molecular weight is 485 g/mol. The van der Waals surface area contributed by atoms with Gasteiger partial charge in [0.05, 0.1) is 17.4 Å². The van der Waals surface area contributed by atoms with Crippen molar-refractivity contribution >= 4 is 22.6 Å². The van der Waals surface area contributed by atoms with Crippen LogP contribution in [0.25, 0.3) is 11.0 Å². The number of hydrogen-bond acceptors (Lipinski definition) is 4. The standard InChI is InChI=1S/C22H21F6N5O/c1-11-6-16-17(30-10-29-16)9-15(11)20(34)32-13-4-2-12(3-5-13)31-14-7-18(21(23,24)25)33-19(8-14)22(26,27)28/h6-10,12-13H,2-5H2,1H3,(H,29,30)(H,31,33)(H,32,34)/t12-,13+. The van der Waals surface area contributed by atoms with Gasteiger partial charge >= 0.3 is 12.4 Å². The van der Waals surface area contributed by atoms with Crippen LogP contribution in [0, 0.1) is 6.92 Å². The van der Waals surface area contributed by atoms with Crippen LogP contribution >= 0.6 is 0 Å². The van der Waals surface area contributed by atoms with Crippen molar-refractivity contribution in [3.05, 3.63) is 53.1 Å². The van der Waals surface area contributed by atoms with E-state index in [-0.39, 0.29) is 23.7 Å². The Labute approximate surface area is 190 Å². The van der Waals surface area contributed by atoms with Gasteiger partial charge in [0, 0.05) is 23.3 Å². The quantitative estimate of drug-likeness (QED) is 0.429. The molecule has 0 bridgehead atoms. The number of hydrogen-bond donors (Lipinski definition) is 3. The van der Waals surface area contributed by atoms with E-state index in [4.69, 9.17) is 0 Å². The van der Waals surface area contributed by atoms with Gasteiger partial charge in [0.1, 0.15) is 11.4 Å². The molecule has 3 aromatic rings. The van der Waals surface area contributed by atoms with E-state index in [1.807, 2.05) is 13.0 Å². The fraction of sp³-hybridized carbons (Fsp3) is 0.409. The molecule has 0 aliphatic heterocycles. The maximum atomic E-state index is 13.0. The highest BCUT2D eigenvalue weighted by atomic mass is 19.4. The first-order valence-electron chi connectivity index (χ1n) is 10.6. The summed E-state index contributed by atoms with van der Waals surface area (Å²) in [6, 6.07) is 4.20. The summed E-state index contributed by atoms with van der Waals surface area (Å²) < 4.78 is 78.1. The Morgan fingerprint density at radius 1 is 0.941 bits per heavy atom. The number of benzene rings is 1. The summed E-state index contributed by atoms with van der Waals surface area (Å²) in [5, 5.41) is 5.74. The lowest BCUT2D eigenvalue weighted by molar-refractivity contribution is -0.150. The summed E-state index contributed by atoms with van der Waals surface area (Å²) >= 11 is 0. The van der Waals surface area contributed by atoms with Gasteiger partial charge < -0.3 is 15.6 Å². The molecule has 4 rings (SSSR count). The highest BCUT2D eigenvalue weighted by Crippen LogP contribution is 2.35. The molecular formula is C22H21F6N5O. The summed E-state index contributed by atoms with van der Waals surface area (Å²) in [7, 11) is 0. The molecular weight excluding hydrogens is 464 g/mol. The SMILES string of the molecule is Cc1cc2[nH]cnc2cc1C(=O)N[C@H]1CC[C@@H](Nc2cc(C(F)(F)F)nc(C(F)(F)F)c2)CC1. The molecule has 2 heterocycles. The minimum Gasteiger partial charge on any atom is -0.382 e. The lowest BCUT2D eigenvalue weighted by Gasteiger charge is -2.30. The molecule has 0 atom stereocenters. The van der Waals surface area contributed by atoms with Crippen molar-refractivity contribution in [3.8, 4) is 0 Å². The molecule has 1 amide bonds. The van der Waals surface area contributed by atoms with Crippen LogP contribution < -0.4 is 10.6 Å². The number of halogens is 6. The second-order valence-electron chi connectivity index (χ2n) is 8.37. The first-order valence-corrected chi connectivity index (χ1v) is 10.6. The molecule has 0 radical (unpaired) electrons. The third kappa shape index (κ3) is 5.26. The number of alkyl halides is 6. The van der Waals surface area contributed by atoms with Gasteiger partial charge in [0.2, 0.25) is 0 Å². The van der Waals surface area contributed by atoms with Crippen molar-refractivity contribution in [2.75, 3.05) is 5.32 Å². The summed E-state index contributed by atoms with van der Waals surface area (Å²) in [5.41, 5.74) is -0.731. The van der Waals surface area contributed by atoms with E-state index >= 15 is 0 Å². The van der Waals surface area contributed by atoms with Gasteiger partial charge in [-0.1, -0.05) is 0 Å². The molecule has 12 heteroatoms. The number of H-pyrrole nitrogens is 1. The molecule has 182 valence electrons. The molecule has 1 saturated carbocycles. The number of amides is 1. The molecule has 0 saturated heterocycles. The number of nitrogens with zero attached hydrogens (tertiary/aromatic N) is 2. The Hall–Kier alpha value is -3.31. The van der Waals surface area contributed by atoms with E-state index in [9.17, 15) is 31.1 Å². The van der Waals surface area contributed by atoms with E-state index in [1.54, 1.807) is 6.07 Å². The number of carbonyl (C=O) groups is 1. The van der Waals surface area contributed by atoms with E-state index in [2.05, 4.69) is 25.6 Å². The number of aromatic nitrogens is 3. The van der Waals surface area contributed by atoms with E-state index in [1.165, 1.54) is 6.33 Å². The number of carbonyl (C=O) groups excluding carboxylic acids is 1. The van der Waals surface area contributed by atoms with E-state index < -0.39 is 23.7 Å². The number of pyridine rings is 1. The Morgan fingerprint density at radius 3 is 2.12 bits per heavy atom. The minimum absolute atomic E-state index is 0.159. The molecule has 2 aromatic heterocycles. The number of aromatic amines is 1. The van der Waals surface area contributed by atoms with Gasteiger partial charge in [-0.3, -0.25) is 4.79 Å². The van der Waals surface area contributed by atoms with Crippen LogP contribution in [0.1, 0.15) is 53.0 Å². The molecule has 6 nitrogen and oxygen atoms in total. The number of anilines is 1. The molecule has 1 fully saturated rings. The average Bonchev–Trinajstić information content (AvgIpc) is 3.20. The second kappa shape index (κ2) is 8.80. The number of fused-ring (bicyclic) bond motifs is 1. The van der Waals surface area contributed by atoms with Crippen molar-refractivity contribution < 1.29 is 31.1 Å². The predicted octanol–water partition coefficient (Wildman–Crippen LogP) is 5.46. The van der Waals surface area contributed by atoms with Gasteiger partial charge in [0.25, 0.3) is 5.91 Å². The van der Waals surface area contributed by atoms with Crippen molar-refractivity contribution in [3.63, 3.8) is 0 Å². The third-order valence-electron chi connectivity index (χ3n) is 5.85. The van der Waals surface area contributed by atoms with Crippen LogP contribution in [0.4, 0.5) is 32.0 Å². The summed E-state index contributed by atoms with van der Waals surface area (Å²) in [6.45, 7) is 1.81. The van der Waals surface area contributed by atoms with Gasteiger partial charge in [-0.05, 0) is 62.4 Å². The minimum atomic E-state index is -5.00. The van der Waals surface area contributed by atoms with Crippen molar-refractivity contribution in [1.29, 1.82) is 0 Å². The second-order valence-corrected chi connectivity index (χ2v) is 8.37. The normalized spacial score (nSPS) is 19.3.